The summed E-state index contributed by atoms with van der Waals surface area (Å²) < 4.78 is 27.5. The van der Waals surface area contributed by atoms with Gasteiger partial charge >= 0.3 is 0 Å². The van der Waals surface area contributed by atoms with Crippen LogP contribution in [0, 0.1) is 24.5 Å². The van der Waals surface area contributed by atoms with Gasteiger partial charge in [0.25, 0.3) is 0 Å². The molecule has 0 atom stereocenters. The first-order valence-electron chi connectivity index (χ1n) is 6.18. The van der Waals surface area contributed by atoms with Gasteiger partial charge in [0, 0.05) is 11.1 Å². The van der Waals surface area contributed by atoms with Crippen molar-refractivity contribution < 1.29 is 8.78 Å². The minimum atomic E-state index is -0.762. The SMILES string of the molecule is Cc1ccc(C2(N)CCC(C)CC2)c(F)c1F. The number of aryl methyl sites for hydroxylation is 1. The van der Waals surface area contributed by atoms with Crippen molar-refractivity contribution in [2.45, 2.75) is 45.1 Å². The molecule has 0 bridgehead atoms. The summed E-state index contributed by atoms with van der Waals surface area (Å²) in [6.07, 6.45) is 3.41. The highest BCUT2D eigenvalue weighted by Crippen LogP contribution is 2.39. The van der Waals surface area contributed by atoms with Crippen molar-refractivity contribution in [2.24, 2.45) is 11.7 Å². The van der Waals surface area contributed by atoms with Gasteiger partial charge in [-0.25, -0.2) is 8.78 Å². The Morgan fingerprint density at radius 3 is 2.35 bits per heavy atom. The number of hydrogen-bond acceptors (Lipinski definition) is 1. The molecule has 0 aromatic heterocycles. The molecule has 0 heterocycles. The molecule has 1 saturated carbocycles. The van der Waals surface area contributed by atoms with Gasteiger partial charge in [-0.1, -0.05) is 19.1 Å². The number of benzene rings is 1. The lowest BCUT2D eigenvalue weighted by Crippen LogP contribution is -2.41. The van der Waals surface area contributed by atoms with Crippen LogP contribution in [0.4, 0.5) is 8.78 Å². The monoisotopic (exact) mass is 239 g/mol. The van der Waals surface area contributed by atoms with E-state index < -0.39 is 17.2 Å². The summed E-state index contributed by atoms with van der Waals surface area (Å²) in [4.78, 5) is 0. The van der Waals surface area contributed by atoms with Crippen molar-refractivity contribution in [2.75, 3.05) is 0 Å². The number of hydrogen-bond donors (Lipinski definition) is 1. The number of rotatable bonds is 1. The van der Waals surface area contributed by atoms with Crippen molar-refractivity contribution in [3.8, 4) is 0 Å². The summed E-state index contributed by atoms with van der Waals surface area (Å²) in [5.41, 5.74) is 6.24. The molecule has 1 aromatic rings. The van der Waals surface area contributed by atoms with E-state index in [1.165, 1.54) is 0 Å². The summed E-state index contributed by atoms with van der Waals surface area (Å²) in [5.74, 6) is -0.891. The summed E-state index contributed by atoms with van der Waals surface area (Å²) in [6, 6.07) is 3.25. The molecular formula is C14H19F2N. The van der Waals surface area contributed by atoms with E-state index in [0.717, 1.165) is 25.7 Å². The fourth-order valence-electron chi connectivity index (χ4n) is 2.58. The van der Waals surface area contributed by atoms with Crippen LogP contribution in [0.25, 0.3) is 0 Å². The topological polar surface area (TPSA) is 26.0 Å². The third-order valence-corrected chi connectivity index (χ3v) is 3.98. The Morgan fingerprint density at radius 2 is 1.76 bits per heavy atom. The lowest BCUT2D eigenvalue weighted by atomic mass is 9.73. The number of halogens is 2. The Labute approximate surface area is 101 Å². The van der Waals surface area contributed by atoms with E-state index in [-0.39, 0.29) is 0 Å². The highest BCUT2D eigenvalue weighted by Gasteiger charge is 2.35. The highest BCUT2D eigenvalue weighted by atomic mass is 19.2. The van der Waals surface area contributed by atoms with Crippen LogP contribution in [0.1, 0.15) is 43.7 Å². The molecule has 0 radical (unpaired) electrons. The molecule has 1 aliphatic rings. The third-order valence-electron chi connectivity index (χ3n) is 3.98. The van der Waals surface area contributed by atoms with Crippen LogP contribution >= 0.6 is 0 Å². The number of nitrogens with two attached hydrogens (primary N) is 1. The zero-order valence-corrected chi connectivity index (χ0v) is 10.4. The van der Waals surface area contributed by atoms with Gasteiger partial charge in [0.15, 0.2) is 11.6 Å². The Bertz CT molecular complexity index is 420. The van der Waals surface area contributed by atoms with Crippen molar-refractivity contribution in [1.29, 1.82) is 0 Å². The molecular weight excluding hydrogens is 220 g/mol. The molecule has 3 heteroatoms. The first kappa shape index (κ1) is 12.5. The van der Waals surface area contributed by atoms with Gasteiger partial charge in [-0.3, -0.25) is 0 Å². The van der Waals surface area contributed by atoms with E-state index in [9.17, 15) is 8.78 Å². The lowest BCUT2D eigenvalue weighted by molar-refractivity contribution is 0.240. The Kier molecular flexibility index (Phi) is 3.21. The molecule has 94 valence electrons. The average Bonchev–Trinajstić information content (AvgIpc) is 2.30. The molecule has 2 rings (SSSR count). The van der Waals surface area contributed by atoms with Gasteiger partial charge in [0.05, 0.1) is 0 Å². The molecule has 0 spiro atoms. The van der Waals surface area contributed by atoms with Crippen molar-refractivity contribution in [1.82, 2.24) is 0 Å². The zero-order valence-electron chi connectivity index (χ0n) is 10.4. The molecule has 0 aliphatic heterocycles. The Balaban J connectivity index is 2.37. The minimum absolute atomic E-state index is 0.332. The quantitative estimate of drug-likeness (QED) is 0.795. The van der Waals surface area contributed by atoms with Crippen LogP contribution in [-0.4, -0.2) is 0 Å². The van der Waals surface area contributed by atoms with Crippen molar-refractivity contribution in [3.63, 3.8) is 0 Å². The molecule has 2 N–H and O–H groups in total. The lowest BCUT2D eigenvalue weighted by Gasteiger charge is -2.36. The molecule has 17 heavy (non-hydrogen) atoms. The van der Waals surface area contributed by atoms with E-state index >= 15 is 0 Å². The predicted molar refractivity (Wildman–Crippen MR) is 64.6 cm³/mol. The maximum Gasteiger partial charge on any atom is 0.164 e. The molecule has 1 nitrogen and oxygen atoms in total. The zero-order chi connectivity index (χ0) is 12.6. The van der Waals surface area contributed by atoms with E-state index in [0.29, 0.717) is 17.0 Å². The molecule has 1 aromatic carbocycles. The van der Waals surface area contributed by atoms with Crippen molar-refractivity contribution in [3.05, 3.63) is 34.9 Å². The summed E-state index contributed by atoms with van der Waals surface area (Å²) in [6.45, 7) is 3.74. The molecule has 0 unspecified atom stereocenters. The van der Waals surface area contributed by atoms with Crippen LogP contribution in [0.5, 0.6) is 0 Å². The van der Waals surface area contributed by atoms with Crippen LogP contribution in [0.2, 0.25) is 0 Å². The normalized spacial score (nSPS) is 29.4. The average molecular weight is 239 g/mol. The maximum atomic E-state index is 13.9. The van der Waals surface area contributed by atoms with Gasteiger partial charge in [-0.15, -0.1) is 0 Å². The van der Waals surface area contributed by atoms with Crippen LogP contribution in [0.3, 0.4) is 0 Å². The fourth-order valence-corrected chi connectivity index (χ4v) is 2.58. The van der Waals surface area contributed by atoms with E-state index in [1.807, 2.05) is 0 Å². The Morgan fingerprint density at radius 1 is 1.18 bits per heavy atom. The summed E-state index contributed by atoms with van der Waals surface area (Å²) in [7, 11) is 0. The van der Waals surface area contributed by atoms with E-state index in [2.05, 4.69) is 6.92 Å². The van der Waals surface area contributed by atoms with Crippen molar-refractivity contribution >= 4 is 0 Å². The molecule has 0 saturated heterocycles. The van der Waals surface area contributed by atoms with Gasteiger partial charge < -0.3 is 5.73 Å². The molecule has 0 amide bonds. The smallest absolute Gasteiger partial charge is 0.164 e. The minimum Gasteiger partial charge on any atom is -0.321 e. The summed E-state index contributed by atoms with van der Waals surface area (Å²) >= 11 is 0. The van der Waals surface area contributed by atoms with Crippen LogP contribution in [0.15, 0.2) is 12.1 Å². The summed E-state index contributed by atoms with van der Waals surface area (Å²) in [5, 5.41) is 0. The largest absolute Gasteiger partial charge is 0.321 e. The van der Waals surface area contributed by atoms with Gasteiger partial charge in [-0.2, -0.15) is 0 Å². The molecule has 1 aliphatic carbocycles. The highest BCUT2D eigenvalue weighted by molar-refractivity contribution is 5.31. The second-order valence-electron chi connectivity index (χ2n) is 5.40. The first-order chi connectivity index (χ1) is 7.94. The van der Waals surface area contributed by atoms with Gasteiger partial charge in [0.2, 0.25) is 0 Å². The fraction of sp³-hybridized carbons (Fsp3) is 0.571. The Hall–Kier alpha value is -0.960. The van der Waals surface area contributed by atoms with Gasteiger partial charge in [0.1, 0.15) is 0 Å². The second kappa shape index (κ2) is 4.37. The van der Waals surface area contributed by atoms with Crippen LogP contribution in [-0.2, 0) is 5.54 Å². The van der Waals surface area contributed by atoms with E-state index in [4.69, 9.17) is 5.73 Å². The third kappa shape index (κ3) is 2.21. The molecule has 1 fully saturated rings. The van der Waals surface area contributed by atoms with Gasteiger partial charge in [-0.05, 0) is 44.1 Å². The van der Waals surface area contributed by atoms with E-state index in [1.54, 1.807) is 19.1 Å². The maximum absolute atomic E-state index is 13.9. The van der Waals surface area contributed by atoms with Crippen LogP contribution < -0.4 is 5.73 Å². The standard InChI is InChI=1S/C14H19F2N/c1-9-5-7-14(17,8-6-9)11-4-3-10(2)12(15)13(11)16/h3-4,9H,5-8,17H2,1-2H3. The predicted octanol–water partition coefficient (Wildman–Crippen LogP) is 3.64. The first-order valence-corrected chi connectivity index (χ1v) is 6.18. The second-order valence-corrected chi connectivity index (χ2v) is 5.40.